The van der Waals surface area contributed by atoms with Crippen LogP contribution in [0.25, 0.3) is 121 Å². The van der Waals surface area contributed by atoms with Crippen LogP contribution >= 0.6 is 0 Å². The molecule has 9 aromatic carbocycles. The third kappa shape index (κ3) is 4.29. The molecule has 0 fully saturated rings. The Balaban J connectivity index is 1.13. The molecular formula is C54H32N2O2. The lowest BCUT2D eigenvalue weighted by Crippen LogP contribution is -1.99. The maximum atomic E-state index is 6.68. The van der Waals surface area contributed by atoms with Gasteiger partial charge < -0.3 is 18.0 Å². The zero-order valence-corrected chi connectivity index (χ0v) is 31.2. The largest absolute Gasteiger partial charge is 0.455 e. The molecule has 0 radical (unpaired) electrons. The lowest BCUT2D eigenvalue weighted by molar-refractivity contribution is 0.669. The van der Waals surface area contributed by atoms with Gasteiger partial charge in [0.25, 0.3) is 0 Å². The summed E-state index contributed by atoms with van der Waals surface area (Å²) in [6, 6.07) is 69.5. The predicted molar refractivity (Wildman–Crippen MR) is 241 cm³/mol. The molecule has 4 heteroatoms. The average molecular weight is 741 g/mol. The molecule has 0 saturated carbocycles. The fourth-order valence-corrected chi connectivity index (χ4v) is 9.68. The van der Waals surface area contributed by atoms with Crippen molar-refractivity contribution in [2.75, 3.05) is 0 Å². The monoisotopic (exact) mass is 740 g/mol. The minimum absolute atomic E-state index is 0.888. The number of para-hydroxylation sites is 8. The first kappa shape index (κ1) is 31.4. The smallest absolute Gasteiger partial charge is 0.143 e. The molecule has 0 saturated heterocycles. The van der Waals surface area contributed by atoms with Crippen LogP contribution in [0.1, 0.15) is 0 Å². The number of furan rings is 2. The van der Waals surface area contributed by atoms with E-state index in [4.69, 9.17) is 8.83 Å². The van der Waals surface area contributed by atoms with Gasteiger partial charge in [-0.15, -0.1) is 0 Å². The molecule has 0 aliphatic heterocycles. The first-order chi connectivity index (χ1) is 28.8. The van der Waals surface area contributed by atoms with Crippen molar-refractivity contribution < 1.29 is 8.83 Å². The Morgan fingerprint density at radius 1 is 0.259 bits per heavy atom. The van der Waals surface area contributed by atoms with E-state index in [0.29, 0.717) is 0 Å². The van der Waals surface area contributed by atoms with Crippen LogP contribution < -0.4 is 0 Å². The van der Waals surface area contributed by atoms with Gasteiger partial charge in [0.05, 0.1) is 22.1 Å². The normalized spacial score (nSPS) is 12.1. The molecule has 58 heavy (non-hydrogen) atoms. The number of benzene rings is 9. The van der Waals surface area contributed by atoms with Gasteiger partial charge in [-0.1, -0.05) is 146 Å². The quantitative estimate of drug-likeness (QED) is 0.180. The number of rotatable bonds is 4. The van der Waals surface area contributed by atoms with Crippen molar-refractivity contribution in [1.82, 2.24) is 9.13 Å². The lowest BCUT2D eigenvalue weighted by atomic mass is 9.98. The van der Waals surface area contributed by atoms with Gasteiger partial charge in [-0.3, -0.25) is 0 Å². The van der Waals surface area contributed by atoms with Crippen molar-refractivity contribution in [3.05, 3.63) is 194 Å². The van der Waals surface area contributed by atoms with Crippen LogP contribution in [0.5, 0.6) is 0 Å². The van der Waals surface area contributed by atoms with Crippen molar-refractivity contribution >= 4 is 87.5 Å². The highest BCUT2D eigenvalue weighted by atomic mass is 16.3. The number of hydrogen-bond acceptors (Lipinski definition) is 2. The van der Waals surface area contributed by atoms with Crippen molar-refractivity contribution in [3.8, 4) is 33.6 Å². The summed E-state index contributed by atoms with van der Waals surface area (Å²) in [6.07, 6.45) is 0. The molecule has 4 nitrogen and oxygen atoms in total. The van der Waals surface area contributed by atoms with Crippen LogP contribution in [0, 0.1) is 0 Å². The second kappa shape index (κ2) is 11.8. The second-order valence-corrected chi connectivity index (χ2v) is 15.2. The molecule has 270 valence electrons. The Bertz CT molecular complexity index is 3570. The Kier molecular flexibility index (Phi) is 6.41. The van der Waals surface area contributed by atoms with E-state index >= 15 is 0 Å². The molecule has 0 bridgehead atoms. The number of fused-ring (bicyclic) bond motifs is 12. The fraction of sp³-hybridized carbons (Fsp3) is 0. The van der Waals surface area contributed by atoms with E-state index in [1.165, 1.54) is 32.6 Å². The average Bonchev–Trinajstić information content (AvgIpc) is 4.04. The van der Waals surface area contributed by atoms with Gasteiger partial charge in [0.15, 0.2) is 0 Å². The van der Waals surface area contributed by atoms with E-state index in [9.17, 15) is 0 Å². The summed E-state index contributed by atoms with van der Waals surface area (Å²) < 4.78 is 18.2. The van der Waals surface area contributed by atoms with Crippen LogP contribution in [0.4, 0.5) is 0 Å². The van der Waals surface area contributed by atoms with Crippen LogP contribution in [0.3, 0.4) is 0 Å². The van der Waals surface area contributed by atoms with Crippen molar-refractivity contribution in [1.29, 1.82) is 0 Å². The first-order valence-electron chi connectivity index (χ1n) is 19.8. The van der Waals surface area contributed by atoms with Crippen LogP contribution in [0.2, 0.25) is 0 Å². The third-order valence-electron chi connectivity index (χ3n) is 12.1. The van der Waals surface area contributed by atoms with Crippen LogP contribution in [-0.2, 0) is 0 Å². The summed E-state index contributed by atoms with van der Waals surface area (Å²) in [4.78, 5) is 0. The zero-order valence-electron chi connectivity index (χ0n) is 31.2. The maximum Gasteiger partial charge on any atom is 0.143 e. The minimum atomic E-state index is 0.888. The third-order valence-corrected chi connectivity index (χ3v) is 12.1. The predicted octanol–water partition coefficient (Wildman–Crippen LogP) is 15.0. The van der Waals surface area contributed by atoms with Gasteiger partial charge in [-0.25, -0.2) is 0 Å². The Morgan fingerprint density at radius 2 is 0.621 bits per heavy atom. The topological polar surface area (TPSA) is 36.1 Å². The van der Waals surface area contributed by atoms with Crippen LogP contribution in [-0.4, -0.2) is 9.13 Å². The van der Waals surface area contributed by atoms with E-state index in [1.807, 2.05) is 12.1 Å². The Hall–Kier alpha value is -7.82. The van der Waals surface area contributed by atoms with Crippen molar-refractivity contribution in [3.63, 3.8) is 0 Å². The van der Waals surface area contributed by atoms with E-state index in [-0.39, 0.29) is 0 Å². The molecule has 0 unspecified atom stereocenters. The molecule has 0 atom stereocenters. The molecule has 13 rings (SSSR count). The molecule has 0 spiro atoms. The van der Waals surface area contributed by atoms with Gasteiger partial charge in [-0.05, 0) is 48.5 Å². The lowest BCUT2D eigenvalue weighted by Gasteiger charge is -2.15. The van der Waals surface area contributed by atoms with Crippen molar-refractivity contribution in [2.24, 2.45) is 0 Å². The second-order valence-electron chi connectivity index (χ2n) is 15.2. The summed E-state index contributed by atoms with van der Waals surface area (Å²) in [5, 5.41) is 9.30. The summed E-state index contributed by atoms with van der Waals surface area (Å²) >= 11 is 0. The number of hydrogen-bond donors (Lipinski definition) is 0. The van der Waals surface area contributed by atoms with E-state index in [2.05, 4.69) is 191 Å². The van der Waals surface area contributed by atoms with Gasteiger partial charge in [0, 0.05) is 76.7 Å². The van der Waals surface area contributed by atoms with Gasteiger partial charge in [0.1, 0.15) is 22.3 Å². The van der Waals surface area contributed by atoms with E-state index in [1.54, 1.807) is 0 Å². The zero-order chi connectivity index (χ0) is 37.9. The molecule has 0 aliphatic rings. The maximum absolute atomic E-state index is 6.68. The van der Waals surface area contributed by atoms with Gasteiger partial charge >= 0.3 is 0 Å². The highest BCUT2D eigenvalue weighted by molar-refractivity contribution is 6.21. The molecule has 0 N–H and O–H groups in total. The fourth-order valence-electron chi connectivity index (χ4n) is 9.68. The highest BCUT2D eigenvalue weighted by Crippen LogP contribution is 2.46. The Labute approximate surface area is 332 Å². The molecule has 13 aromatic rings. The summed E-state index contributed by atoms with van der Waals surface area (Å²) in [7, 11) is 0. The standard InChI is InChI=1S/C54H32N2O2/c1-5-25-47-35(13-1)36-14-2-6-26-48(36)55(47)33-29-31-34(32-30-33)56-51-39(17-9-19-41(51)45-23-11-21-43-37-15-3-7-27-49(37)57-53(43)45)40-18-10-20-42(52(40)56)46-24-12-22-44-38-16-4-8-28-50(38)58-54(44)46/h1-32H. The van der Waals surface area contributed by atoms with Crippen LogP contribution in [0.15, 0.2) is 203 Å². The molecule has 4 aromatic heterocycles. The summed E-state index contributed by atoms with van der Waals surface area (Å²) in [5.41, 5.74) is 14.7. The van der Waals surface area contributed by atoms with Crippen molar-refractivity contribution in [2.45, 2.75) is 0 Å². The van der Waals surface area contributed by atoms with Gasteiger partial charge in [0.2, 0.25) is 0 Å². The molecule has 0 amide bonds. The number of aromatic nitrogens is 2. The summed E-state index contributed by atoms with van der Waals surface area (Å²) in [5.74, 6) is 0. The summed E-state index contributed by atoms with van der Waals surface area (Å²) in [6.45, 7) is 0. The first-order valence-corrected chi connectivity index (χ1v) is 19.8. The number of nitrogens with zero attached hydrogens (tertiary/aromatic N) is 2. The molecule has 0 aliphatic carbocycles. The molecular weight excluding hydrogens is 709 g/mol. The molecule has 4 heterocycles. The minimum Gasteiger partial charge on any atom is -0.455 e. The highest BCUT2D eigenvalue weighted by Gasteiger charge is 2.23. The van der Waals surface area contributed by atoms with Gasteiger partial charge in [-0.2, -0.15) is 0 Å². The van der Waals surface area contributed by atoms with E-state index < -0.39 is 0 Å². The SMILES string of the molecule is c1ccc2c(c1)oc1c(-c3cccc4c5cccc(-c6cccc7c6oc6ccccc67)c5n(-c5ccc(-n6c7ccccc7c7ccccc76)cc5)c34)cccc12. The van der Waals surface area contributed by atoms with E-state index in [0.717, 1.165) is 88.5 Å². The Morgan fingerprint density at radius 3 is 1.10 bits per heavy atom.